The number of amides is 1. The highest BCUT2D eigenvalue weighted by molar-refractivity contribution is 6.32. The molecule has 180 valence electrons. The van der Waals surface area contributed by atoms with E-state index < -0.39 is 11.7 Å². The van der Waals surface area contributed by atoms with E-state index in [9.17, 15) is 9.18 Å². The van der Waals surface area contributed by atoms with Gasteiger partial charge in [-0.05, 0) is 56.7 Å². The summed E-state index contributed by atoms with van der Waals surface area (Å²) in [6.07, 6.45) is 5.07. The van der Waals surface area contributed by atoms with Crippen LogP contribution in [-0.2, 0) is 0 Å². The Morgan fingerprint density at radius 2 is 1.91 bits per heavy atom. The van der Waals surface area contributed by atoms with Crippen LogP contribution in [0, 0.1) is 12.7 Å². The van der Waals surface area contributed by atoms with Crippen molar-refractivity contribution >= 4 is 34.8 Å². The summed E-state index contributed by atoms with van der Waals surface area (Å²) in [6.45, 7) is 5.83. The summed E-state index contributed by atoms with van der Waals surface area (Å²) in [5.74, 6) is -0.295. The average Bonchev–Trinajstić information content (AvgIpc) is 3.33. The van der Waals surface area contributed by atoms with E-state index in [1.165, 1.54) is 25.4 Å². The number of carbonyl (C=O) groups is 1. The maximum Gasteiger partial charge on any atom is 0.255 e. The molecule has 2 aromatic carbocycles. The Bertz CT molecular complexity index is 1390. The lowest BCUT2D eigenvalue weighted by molar-refractivity contribution is 0.102. The molecule has 0 fully saturated rings. The van der Waals surface area contributed by atoms with E-state index in [2.05, 4.69) is 25.7 Å². The number of rotatable bonds is 7. The second-order valence-corrected chi connectivity index (χ2v) is 8.58. The van der Waals surface area contributed by atoms with Gasteiger partial charge in [-0.2, -0.15) is 5.10 Å². The predicted octanol–water partition coefficient (Wildman–Crippen LogP) is 6.03. The van der Waals surface area contributed by atoms with Crippen LogP contribution in [0.3, 0.4) is 0 Å². The molecule has 1 amide bonds. The summed E-state index contributed by atoms with van der Waals surface area (Å²) < 4.78 is 21.4. The fraction of sp³-hybridized carbons (Fsp3) is 0.200. The van der Waals surface area contributed by atoms with Crippen molar-refractivity contribution in [1.82, 2.24) is 19.7 Å². The SMILES string of the molecule is COc1cc(C(=O)Nc2ccc(C)cc2F)ccc1Nc1ncc(Cl)c(-c2cnn(C(C)C)c2)n1. The number of aryl methyl sites for hydroxylation is 1. The van der Waals surface area contributed by atoms with E-state index in [1.807, 2.05) is 24.7 Å². The van der Waals surface area contributed by atoms with Crippen LogP contribution in [0.1, 0.15) is 35.8 Å². The van der Waals surface area contributed by atoms with Gasteiger partial charge in [0.25, 0.3) is 5.91 Å². The number of halogens is 2. The third-order valence-electron chi connectivity index (χ3n) is 5.23. The molecule has 35 heavy (non-hydrogen) atoms. The van der Waals surface area contributed by atoms with Crippen LogP contribution in [0.4, 0.5) is 21.7 Å². The monoisotopic (exact) mass is 494 g/mol. The molecule has 0 aliphatic carbocycles. The largest absolute Gasteiger partial charge is 0.495 e. The first-order valence-electron chi connectivity index (χ1n) is 10.8. The van der Waals surface area contributed by atoms with E-state index in [0.717, 1.165) is 11.1 Å². The van der Waals surface area contributed by atoms with Gasteiger partial charge in [0.1, 0.15) is 11.6 Å². The van der Waals surface area contributed by atoms with Gasteiger partial charge in [0.15, 0.2) is 0 Å². The number of carbonyl (C=O) groups excluding carboxylic acids is 1. The number of hydrogen-bond acceptors (Lipinski definition) is 6. The Morgan fingerprint density at radius 1 is 1.14 bits per heavy atom. The lowest BCUT2D eigenvalue weighted by Gasteiger charge is -2.13. The number of aromatic nitrogens is 4. The molecule has 4 aromatic rings. The van der Waals surface area contributed by atoms with Gasteiger partial charge in [0.05, 0.1) is 41.6 Å². The molecule has 10 heteroatoms. The van der Waals surface area contributed by atoms with Gasteiger partial charge >= 0.3 is 0 Å². The topological polar surface area (TPSA) is 94.0 Å². The molecule has 0 spiro atoms. The molecule has 0 aliphatic rings. The van der Waals surface area contributed by atoms with Crippen LogP contribution < -0.4 is 15.4 Å². The van der Waals surface area contributed by atoms with Crippen molar-refractivity contribution < 1.29 is 13.9 Å². The van der Waals surface area contributed by atoms with Crippen LogP contribution in [0.2, 0.25) is 5.02 Å². The van der Waals surface area contributed by atoms with Gasteiger partial charge in [-0.3, -0.25) is 9.48 Å². The number of methoxy groups -OCH3 is 1. The average molecular weight is 495 g/mol. The van der Waals surface area contributed by atoms with Crippen molar-refractivity contribution in [3.63, 3.8) is 0 Å². The van der Waals surface area contributed by atoms with Crippen molar-refractivity contribution in [3.8, 4) is 17.0 Å². The number of nitrogens with zero attached hydrogens (tertiary/aromatic N) is 4. The van der Waals surface area contributed by atoms with E-state index in [-0.39, 0.29) is 11.7 Å². The highest BCUT2D eigenvalue weighted by Gasteiger charge is 2.15. The molecule has 8 nitrogen and oxygen atoms in total. The predicted molar refractivity (Wildman–Crippen MR) is 134 cm³/mol. The fourth-order valence-corrected chi connectivity index (χ4v) is 3.54. The summed E-state index contributed by atoms with van der Waals surface area (Å²) in [5.41, 5.74) is 2.99. The van der Waals surface area contributed by atoms with Gasteiger partial charge in [-0.15, -0.1) is 0 Å². The van der Waals surface area contributed by atoms with Gasteiger partial charge in [-0.25, -0.2) is 14.4 Å². The number of benzene rings is 2. The third kappa shape index (κ3) is 5.41. The fourth-order valence-electron chi connectivity index (χ4n) is 3.34. The molecule has 0 saturated carbocycles. The third-order valence-corrected chi connectivity index (χ3v) is 5.51. The Hall–Kier alpha value is -3.98. The zero-order valence-corrected chi connectivity index (χ0v) is 20.4. The molecule has 0 atom stereocenters. The molecule has 0 aliphatic heterocycles. The molecule has 2 N–H and O–H groups in total. The van der Waals surface area contributed by atoms with Crippen LogP contribution >= 0.6 is 11.6 Å². The summed E-state index contributed by atoms with van der Waals surface area (Å²) in [6, 6.07) is 9.61. The van der Waals surface area contributed by atoms with Crippen molar-refractivity contribution in [2.24, 2.45) is 0 Å². The summed E-state index contributed by atoms with van der Waals surface area (Å²) >= 11 is 6.34. The van der Waals surface area contributed by atoms with Crippen LogP contribution in [0.15, 0.2) is 55.0 Å². The number of hydrogen-bond donors (Lipinski definition) is 2. The second kappa shape index (κ2) is 10.1. The summed E-state index contributed by atoms with van der Waals surface area (Å²) in [5, 5.41) is 10.4. The molecule has 0 radical (unpaired) electrons. The van der Waals surface area contributed by atoms with Crippen LogP contribution in [0.5, 0.6) is 5.75 Å². The molecule has 0 unspecified atom stereocenters. The van der Waals surface area contributed by atoms with Crippen molar-refractivity contribution in [2.75, 3.05) is 17.7 Å². The Labute approximate surface area is 207 Å². The zero-order valence-electron chi connectivity index (χ0n) is 19.6. The van der Waals surface area contributed by atoms with Crippen LogP contribution in [0.25, 0.3) is 11.3 Å². The minimum atomic E-state index is -0.502. The Morgan fingerprint density at radius 3 is 2.60 bits per heavy atom. The maximum absolute atomic E-state index is 14.1. The first kappa shape index (κ1) is 24.2. The molecule has 2 aromatic heterocycles. The molecule has 4 rings (SSSR count). The van der Waals surface area contributed by atoms with Crippen molar-refractivity contribution in [2.45, 2.75) is 26.8 Å². The van der Waals surface area contributed by atoms with Gasteiger partial charge in [-0.1, -0.05) is 17.7 Å². The second-order valence-electron chi connectivity index (χ2n) is 8.17. The number of nitrogens with one attached hydrogen (secondary N) is 2. The van der Waals surface area contributed by atoms with E-state index in [4.69, 9.17) is 16.3 Å². The zero-order chi connectivity index (χ0) is 25.1. The van der Waals surface area contributed by atoms with E-state index in [0.29, 0.717) is 33.7 Å². The Balaban J connectivity index is 1.56. The van der Waals surface area contributed by atoms with Crippen molar-refractivity contribution in [3.05, 3.63) is 77.0 Å². The van der Waals surface area contributed by atoms with Gasteiger partial charge in [0, 0.05) is 23.4 Å². The lowest BCUT2D eigenvalue weighted by Crippen LogP contribution is -2.13. The normalized spacial score (nSPS) is 10.9. The minimum Gasteiger partial charge on any atom is -0.495 e. The quantitative estimate of drug-likeness (QED) is 0.326. The van der Waals surface area contributed by atoms with E-state index in [1.54, 1.807) is 37.4 Å². The molecule has 2 heterocycles. The molecular formula is C25H24ClFN6O2. The Kier molecular flexibility index (Phi) is 6.97. The van der Waals surface area contributed by atoms with Gasteiger partial charge < -0.3 is 15.4 Å². The van der Waals surface area contributed by atoms with Crippen LogP contribution in [-0.4, -0.2) is 32.8 Å². The van der Waals surface area contributed by atoms with Gasteiger partial charge in [0.2, 0.25) is 5.95 Å². The highest BCUT2D eigenvalue weighted by Crippen LogP contribution is 2.31. The smallest absolute Gasteiger partial charge is 0.255 e. The minimum absolute atomic E-state index is 0.102. The molecule has 0 bridgehead atoms. The molecular weight excluding hydrogens is 471 g/mol. The highest BCUT2D eigenvalue weighted by atomic mass is 35.5. The van der Waals surface area contributed by atoms with Crippen molar-refractivity contribution in [1.29, 1.82) is 0 Å². The number of anilines is 3. The molecule has 0 saturated heterocycles. The summed E-state index contributed by atoms with van der Waals surface area (Å²) in [7, 11) is 1.48. The van der Waals surface area contributed by atoms with E-state index >= 15 is 0 Å². The standard InChI is InChI=1S/C25H24ClFN6O2/c1-14(2)33-13-17(11-29-33)23-18(26)12-28-25(32-23)31-21-8-6-16(10-22(21)35-4)24(34)30-20-7-5-15(3)9-19(20)27/h5-14H,1-4H3,(H,30,34)(H,28,31,32). The summed E-state index contributed by atoms with van der Waals surface area (Å²) in [4.78, 5) is 21.5. The number of ether oxygens (including phenoxy) is 1. The first-order chi connectivity index (χ1) is 16.7. The first-order valence-corrected chi connectivity index (χ1v) is 11.2. The lowest BCUT2D eigenvalue weighted by atomic mass is 10.1. The maximum atomic E-state index is 14.1.